The third kappa shape index (κ3) is 1.67. The van der Waals surface area contributed by atoms with E-state index in [1.165, 1.54) is 11.1 Å². The highest BCUT2D eigenvalue weighted by Gasteiger charge is 2.10. The van der Waals surface area contributed by atoms with Crippen LogP contribution in [0.15, 0.2) is 46.9 Å². The fourth-order valence-corrected chi connectivity index (χ4v) is 2.52. The lowest BCUT2D eigenvalue weighted by molar-refractivity contribution is 1.12. The van der Waals surface area contributed by atoms with Crippen molar-refractivity contribution in [2.24, 2.45) is 0 Å². The van der Waals surface area contributed by atoms with Crippen LogP contribution in [0.25, 0.3) is 22.2 Å². The van der Waals surface area contributed by atoms with Crippen molar-refractivity contribution in [2.75, 3.05) is 0 Å². The van der Waals surface area contributed by atoms with Gasteiger partial charge in [0, 0.05) is 15.4 Å². The quantitative estimate of drug-likeness (QED) is 0.710. The summed E-state index contributed by atoms with van der Waals surface area (Å²) < 4.78 is 1.02. The molecule has 3 heteroatoms. The third-order valence-electron chi connectivity index (χ3n) is 2.95. The Morgan fingerprint density at radius 1 is 1.06 bits per heavy atom. The fourth-order valence-electron chi connectivity index (χ4n) is 2.06. The molecule has 2 aromatic carbocycles. The Bertz CT molecular complexity index is 686. The van der Waals surface area contributed by atoms with E-state index in [0.29, 0.717) is 0 Å². The van der Waals surface area contributed by atoms with Gasteiger partial charge in [0.15, 0.2) is 0 Å². The molecular formula is C14H11BrN2. The largest absolute Gasteiger partial charge is 0.277 e. The molecule has 3 rings (SSSR count). The highest BCUT2D eigenvalue weighted by molar-refractivity contribution is 9.10. The summed E-state index contributed by atoms with van der Waals surface area (Å²) >= 11 is 3.52. The van der Waals surface area contributed by atoms with Crippen LogP contribution in [0, 0.1) is 6.92 Å². The van der Waals surface area contributed by atoms with Gasteiger partial charge in [-0.15, -0.1) is 0 Å². The predicted octanol–water partition coefficient (Wildman–Crippen LogP) is 4.30. The molecule has 0 radical (unpaired) electrons. The summed E-state index contributed by atoms with van der Waals surface area (Å²) in [7, 11) is 0. The van der Waals surface area contributed by atoms with Crippen molar-refractivity contribution in [2.45, 2.75) is 6.92 Å². The van der Waals surface area contributed by atoms with Gasteiger partial charge in [0.25, 0.3) is 0 Å². The van der Waals surface area contributed by atoms with E-state index >= 15 is 0 Å². The first-order valence-corrected chi connectivity index (χ1v) is 6.25. The van der Waals surface area contributed by atoms with E-state index in [1.807, 2.05) is 24.3 Å². The molecule has 2 nitrogen and oxygen atoms in total. The van der Waals surface area contributed by atoms with Gasteiger partial charge in [-0.25, -0.2) is 0 Å². The average molecular weight is 287 g/mol. The van der Waals surface area contributed by atoms with Crippen molar-refractivity contribution in [3.8, 4) is 11.3 Å². The number of rotatable bonds is 1. The smallest absolute Gasteiger partial charge is 0.107 e. The molecular weight excluding hydrogens is 276 g/mol. The minimum Gasteiger partial charge on any atom is -0.277 e. The van der Waals surface area contributed by atoms with Gasteiger partial charge in [0.1, 0.15) is 5.52 Å². The maximum atomic E-state index is 4.36. The number of fused-ring (bicyclic) bond motifs is 1. The molecule has 0 aliphatic heterocycles. The van der Waals surface area contributed by atoms with E-state index in [2.05, 4.69) is 51.3 Å². The van der Waals surface area contributed by atoms with E-state index in [4.69, 9.17) is 0 Å². The molecule has 1 N–H and O–H groups in total. The van der Waals surface area contributed by atoms with Gasteiger partial charge in [0.05, 0.1) is 5.69 Å². The molecule has 0 unspecified atom stereocenters. The molecule has 0 bridgehead atoms. The summed E-state index contributed by atoms with van der Waals surface area (Å²) in [5.41, 5.74) is 4.51. The van der Waals surface area contributed by atoms with Gasteiger partial charge in [0.2, 0.25) is 0 Å². The Hall–Kier alpha value is -1.61. The number of benzene rings is 2. The molecule has 0 saturated heterocycles. The van der Waals surface area contributed by atoms with Gasteiger partial charge in [-0.2, -0.15) is 5.10 Å². The molecule has 1 aromatic heterocycles. The Labute approximate surface area is 108 Å². The SMILES string of the molecule is Cc1ccccc1-c1[nH]nc2c(Br)cccc12. The molecule has 1 heterocycles. The second-order valence-electron chi connectivity index (χ2n) is 4.05. The van der Waals surface area contributed by atoms with Gasteiger partial charge in [-0.3, -0.25) is 5.10 Å². The van der Waals surface area contributed by atoms with E-state index in [0.717, 1.165) is 21.1 Å². The van der Waals surface area contributed by atoms with E-state index < -0.39 is 0 Å². The number of H-pyrrole nitrogens is 1. The first kappa shape index (κ1) is 10.5. The van der Waals surface area contributed by atoms with Crippen LogP contribution in [-0.2, 0) is 0 Å². The van der Waals surface area contributed by atoms with Crippen LogP contribution >= 0.6 is 15.9 Å². The average Bonchev–Trinajstić information content (AvgIpc) is 2.75. The summed E-state index contributed by atoms with van der Waals surface area (Å²) in [5, 5.41) is 8.64. The molecule has 0 aliphatic rings. The fraction of sp³-hybridized carbons (Fsp3) is 0.0714. The second-order valence-corrected chi connectivity index (χ2v) is 4.90. The second kappa shape index (κ2) is 4.00. The topological polar surface area (TPSA) is 28.7 Å². The number of aryl methyl sites for hydroxylation is 1. The lowest BCUT2D eigenvalue weighted by Gasteiger charge is -2.03. The summed E-state index contributed by atoms with van der Waals surface area (Å²) in [6.45, 7) is 2.11. The van der Waals surface area contributed by atoms with Gasteiger partial charge in [-0.05, 0) is 34.5 Å². The van der Waals surface area contributed by atoms with Crippen LogP contribution < -0.4 is 0 Å². The molecule has 3 aromatic rings. The molecule has 84 valence electrons. The first-order valence-electron chi connectivity index (χ1n) is 5.46. The van der Waals surface area contributed by atoms with Crippen LogP contribution in [0.1, 0.15) is 5.56 Å². The lowest BCUT2D eigenvalue weighted by Crippen LogP contribution is -1.83. The highest BCUT2D eigenvalue weighted by Crippen LogP contribution is 2.31. The number of para-hydroxylation sites is 1. The minimum absolute atomic E-state index is 0.978. The van der Waals surface area contributed by atoms with E-state index in [9.17, 15) is 0 Å². The number of nitrogens with zero attached hydrogens (tertiary/aromatic N) is 1. The van der Waals surface area contributed by atoms with Crippen molar-refractivity contribution in [3.63, 3.8) is 0 Å². The Balaban J connectivity index is 2.33. The standard InChI is InChI=1S/C14H11BrN2/c1-9-5-2-3-6-10(9)13-11-7-4-8-12(15)14(11)17-16-13/h2-8H,1H3,(H,16,17). The molecule has 0 aliphatic carbocycles. The lowest BCUT2D eigenvalue weighted by atomic mass is 10.0. The van der Waals surface area contributed by atoms with Crippen LogP contribution in [0.3, 0.4) is 0 Å². The van der Waals surface area contributed by atoms with Gasteiger partial charge >= 0.3 is 0 Å². The maximum absolute atomic E-state index is 4.36. The maximum Gasteiger partial charge on any atom is 0.107 e. The highest BCUT2D eigenvalue weighted by atomic mass is 79.9. The van der Waals surface area contributed by atoms with Gasteiger partial charge in [-0.1, -0.05) is 36.4 Å². The van der Waals surface area contributed by atoms with Crippen LogP contribution in [0.5, 0.6) is 0 Å². The Morgan fingerprint density at radius 3 is 2.71 bits per heavy atom. The zero-order chi connectivity index (χ0) is 11.8. The molecule has 0 spiro atoms. The van der Waals surface area contributed by atoms with Crippen LogP contribution in [0.4, 0.5) is 0 Å². The zero-order valence-corrected chi connectivity index (χ0v) is 11.0. The monoisotopic (exact) mass is 286 g/mol. The van der Waals surface area contributed by atoms with E-state index in [1.54, 1.807) is 0 Å². The number of hydrogen-bond acceptors (Lipinski definition) is 1. The van der Waals surface area contributed by atoms with Crippen molar-refractivity contribution >= 4 is 26.8 Å². The van der Waals surface area contributed by atoms with Crippen LogP contribution in [-0.4, -0.2) is 10.2 Å². The number of aromatic nitrogens is 2. The Kier molecular flexibility index (Phi) is 2.48. The number of nitrogens with one attached hydrogen (secondary N) is 1. The summed E-state index contributed by atoms with van der Waals surface area (Å²) in [6, 6.07) is 14.4. The number of halogens is 1. The first-order chi connectivity index (χ1) is 8.27. The predicted molar refractivity (Wildman–Crippen MR) is 74.0 cm³/mol. The number of hydrogen-bond donors (Lipinski definition) is 1. The molecule has 0 saturated carbocycles. The zero-order valence-electron chi connectivity index (χ0n) is 9.37. The Morgan fingerprint density at radius 2 is 1.88 bits per heavy atom. The third-order valence-corrected chi connectivity index (χ3v) is 3.59. The minimum atomic E-state index is 0.978. The normalized spacial score (nSPS) is 10.9. The summed E-state index contributed by atoms with van der Waals surface area (Å²) in [5.74, 6) is 0. The van der Waals surface area contributed by atoms with Crippen molar-refractivity contribution in [3.05, 3.63) is 52.5 Å². The number of aromatic amines is 1. The van der Waals surface area contributed by atoms with Crippen LogP contribution in [0.2, 0.25) is 0 Å². The van der Waals surface area contributed by atoms with Crippen molar-refractivity contribution < 1.29 is 0 Å². The van der Waals surface area contributed by atoms with E-state index in [-0.39, 0.29) is 0 Å². The molecule has 0 amide bonds. The molecule has 17 heavy (non-hydrogen) atoms. The molecule has 0 fully saturated rings. The van der Waals surface area contributed by atoms with Crippen molar-refractivity contribution in [1.82, 2.24) is 10.2 Å². The van der Waals surface area contributed by atoms with Crippen molar-refractivity contribution in [1.29, 1.82) is 0 Å². The summed E-state index contributed by atoms with van der Waals surface area (Å²) in [4.78, 5) is 0. The van der Waals surface area contributed by atoms with Gasteiger partial charge < -0.3 is 0 Å². The molecule has 0 atom stereocenters. The summed E-state index contributed by atoms with van der Waals surface area (Å²) in [6.07, 6.45) is 0.